The second kappa shape index (κ2) is 3.70. The minimum absolute atomic E-state index is 0.0823. The highest BCUT2D eigenvalue weighted by Crippen LogP contribution is 2.31. The van der Waals surface area contributed by atoms with Crippen LogP contribution in [0, 0.1) is 19.3 Å². The van der Waals surface area contributed by atoms with Gasteiger partial charge in [-0.05, 0) is 19.9 Å². The average molecular weight is 221 g/mol. The average Bonchev–Trinajstić information content (AvgIpc) is 2.40. The fourth-order valence-electron chi connectivity index (χ4n) is 2.12. The predicted octanol–water partition coefficient (Wildman–Crippen LogP) is 1.30. The molecule has 1 aliphatic heterocycles. The Morgan fingerprint density at radius 1 is 1.31 bits per heavy atom. The molecule has 0 radical (unpaired) electrons. The second-order valence-electron chi connectivity index (χ2n) is 5.34. The number of aliphatic hydroxyl groups is 1. The van der Waals surface area contributed by atoms with Crippen LogP contribution in [0.2, 0.25) is 0 Å². The molecule has 4 heteroatoms. The number of aromatic nitrogens is 2. The first-order valence-electron chi connectivity index (χ1n) is 5.64. The molecular weight excluding hydrogens is 202 g/mol. The molecular formula is C12H19N3O. The lowest BCUT2D eigenvalue weighted by molar-refractivity contribution is 0.0964. The molecule has 16 heavy (non-hydrogen) atoms. The quantitative estimate of drug-likeness (QED) is 0.776. The number of β-amino-alcohol motifs (C(OH)–C–C–N with tert-alkyl or cyclic N) is 1. The zero-order chi connectivity index (χ0) is 11.9. The Morgan fingerprint density at radius 2 is 1.88 bits per heavy atom. The van der Waals surface area contributed by atoms with Crippen LogP contribution in [-0.4, -0.2) is 34.3 Å². The Balaban J connectivity index is 2.27. The first kappa shape index (κ1) is 11.3. The molecule has 1 saturated heterocycles. The van der Waals surface area contributed by atoms with Crippen molar-refractivity contribution in [2.75, 3.05) is 18.0 Å². The van der Waals surface area contributed by atoms with Gasteiger partial charge in [-0.3, -0.25) is 0 Å². The summed E-state index contributed by atoms with van der Waals surface area (Å²) in [7, 11) is 0. The van der Waals surface area contributed by atoms with E-state index in [1.165, 1.54) is 0 Å². The van der Waals surface area contributed by atoms with Crippen LogP contribution in [0.4, 0.5) is 5.95 Å². The van der Waals surface area contributed by atoms with Crippen LogP contribution in [0.3, 0.4) is 0 Å². The summed E-state index contributed by atoms with van der Waals surface area (Å²) in [4.78, 5) is 10.9. The first-order chi connectivity index (χ1) is 7.38. The highest BCUT2D eigenvalue weighted by molar-refractivity contribution is 5.35. The summed E-state index contributed by atoms with van der Waals surface area (Å²) in [5, 5.41) is 9.93. The molecule has 0 aliphatic carbocycles. The van der Waals surface area contributed by atoms with E-state index in [1.807, 2.05) is 19.9 Å². The third kappa shape index (κ3) is 2.02. The van der Waals surface area contributed by atoms with Gasteiger partial charge in [0.05, 0.1) is 6.10 Å². The van der Waals surface area contributed by atoms with Crippen molar-refractivity contribution in [3.8, 4) is 0 Å². The van der Waals surface area contributed by atoms with E-state index in [9.17, 15) is 5.11 Å². The summed E-state index contributed by atoms with van der Waals surface area (Å²) in [6, 6.07) is 1.96. The van der Waals surface area contributed by atoms with Crippen molar-refractivity contribution in [2.45, 2.75) is 33.8 Å². The molecule has 1 aromatic rings. The van der Waals surface area contributed by atoms with Gasteiger partial charge in [0.15, 0.2) is 0 Å². The monoisotopic (exact) mass is 221 g/mol. The van der Waals surface area contributed by atoms with Gasteiger partial charge in [-0.15, -0.1) is 0 Å². The number of rotatable bonds is 1. The minimum atomic E-state index is -0.308. The van der Waals surface area contributed by atoms with E-state index in [1.54, 1.807) is 0 Å². The van der Waals surface area contributed by atoms with Gasteiger partial charge in [0.25, 0.3) is 0 Å². The first-order valence-corrected chi connectivity index (χ1v) is 5.64. The van der Waals surface area contributed by atoms with Gasteiger partial charge >= 0.3 is 0 Å². The Morgan fingerprint density at radius 3 is 2.31 bits per heavy atom. The lowest BCUT2D eigenvalue weighted by atomic mass is 9.90. The molecule has 0 amide bonds. The third-order valence-electron chi connectivity index (χ3n) is 3.15. The van der Waals surface area contributed by atoms with Gasteiger partial charge < -0.3 is 10.0 Å². The van der Waals surface area contributed by atoms with Gasteiger partial charge in [0.1, 0.15) is 0 Å². The summed E-state index contributed by atoms with van der Waals surface area (Å²) in [6.07, 6.45) is -0.308. The van der Waals surface area contributed by atoms with Crippen molar-refractivity contribution >= 4 is 5.95 Å². The van der Waals surface area contributed by atoms with Gasteiger partial charge in [-0.2, -0.15) is 0 Å². The zero-order valence-electron chi connectivity index (χ0n) is 10.4. The van der Waals surface area contributed by atoms with E-state index in [4.69, 9.17) is 0 Å². The topological polar surface area (TPSA) is 49.2 Å². The molecule has 0 saturated carbocycles. The lowest BCUT2D eigenvalue weighted by Crippen LogP contribution is -2.26. The smallest absolute Gasteiger partial charge is 0.225 e. The van der Waals surface area contributed by atoms with Crippen LogP contribution < -0.4 is 4.90 Å². The highest BCUT2D eigenvalue weighted by Gasteiger charge is 2.39. The predicted molar refractivity (Wildman–Crippen MR) is 63.5 cm³/mol. The van der Waals surface area contributed by atoms with Crippen LogP contribution in [0.15, 0.2) is 6.07 Å². The Hall–Kier alpha value is -1.16. The van der Waals surface area contributed by atoms with Crippen LogP contribution in [0.25, 0.3) is 0 Å². The van der Waals surface area contributed by atoms with Gasteiger partial charge in [-0.25, -0.2) is 9.97 Å². The molecule has 0 bridgehead atoms. The normalized spacial score (nSPS) is 23.8. The maximum absolute atomic E-state index is 9.93. The summed E-state index contributed by atoms with van der Waals surface area (Å²) in [6.45, 7) is 9.50. The maximum atomic E-state index is 9.93. The van der Waals surface area contributed by atoms with Crippen molar-refractivity contribution in [3.05, 3.63) is 17.5 Å². The van der Waals surface area contributed by atoms with E-state index < -0.39 is 0 Å². The standard InChI is InChI=1S/C12H19N3O/c1-8-5-9(2)14-11(13-8)15-6-10(16)12(3,4)7-15/h5,10,16H,6-7H2,1-4H3/t10-/m0/s1. The van der Waals surface area contributed by atoms with Crippen LogP contribution >= 0.6 is 0 Å². The molecule has 0 spiro atoms. The zero-order valence-corrected chi connectivity index (χ0v) is 10.4. The van der Waals surface area contributed by atoms with Crippen molar-refractivity contribution in [1.82, 2.24) is 9.97 Å². The number of anilines is 1. The van der Waals surface area contributed by atoms with Crippen LogP contribution in [0.5, 0.6) is 0 Å². The van der Waals surface area contributed by atoms with Crippen molar-refractivity contribution in [2.24, 2.45) is 5.41 Å². The molecule has 1 atom stereocenters. The molecule has 88 valence electrons. The van der Waals surface area contributed by atoms with Crippen molar-refractivity contribution in [3.63, 3.8) is 0 Å². The lowest BCUT2D eigenvalue weighted by Gasteiger charge is -2.21. The van der Waals surface area contributed by atoms with E-state index in [0.29, 0.717) is 6.54 Å². The summed E-state index contributed by atoms with van der Waals surface area (Å²) >= 11 is 0. The summed E-state index contributed by atoms with van der Waals surface area (Å²) in [5.74, 6) is 0.738. The number of hydrogen-bond donors (Lipinski definition) is 1. The molecule has 1 N–H and O–H groups in total. The van der Waals surface area contributed by atoms with Gasteiger partial charge in [0, 0.05) is 29.9 Å². The Bertz CT molecular complexity index is 383. The molecule has 1 aliphatic rings. The second-order valence-corrected chi connectivity index (χ2v) is 5.34. The molecule has 1 aromatic heterocycles. The van der Waals surface area contributed by atoms with Crippen molar-refractivity contribution < 1.29 is 5.11 Å². The van der Waals surface area contributed by atoms with E-state index in [-0.39, 0.29) is 11.5 Å². The fourth-order valence-corrected chi connectivity index (χ4v) is 2.12. The van der Waals surface area contributed by atoms with Crippen molar-refractivity contribution in [1.29, 1.82) is 0 Å². The molecule has 0 unspecified atom stereocenters. The fraction of sp³-hybridized carbons (Fsp3) is 0.667. The van der Waals surface area contributed by atoms with Crippen LogP contribution in [-0.2, 0) is 0 Å². The van der Waals surface area contributed by atoms with Gasteiger partial charge in [-0.1, -0.05) is 13.8 Å². The summed E-state index contributed by atoms with van der Waals surface area (Å²) < 4.78 is 0. The van der Waals surface area contributed by atoms with Gasteiger partial charge in [0.2, 0.25) is 5.95 Å². The van der Waals surface area contributed by atoms with E-state index >= 15 is 0 Å². The number of nitrogens with zero attached hydrogens (tertiary/aromatic N) is 3. The SMILES string of the molecule is Cc1cc(C)nc(N2C[C@H](O)C(C)(C)C2)n1. The maximum Gasteiger partial charge on any atom is 0.225 e. The number of aliphatic hydroxyl groups excluding tert-OH is 1. The number of aryl methyl sites for hydroxylation is 2. The molecule has 1 fully saturated rings. The molecule has 2 heterocycles. The summed E-state index contributed by atoms with van der Waals surface area (Å²) in [5.41, 5.74) is 1.87. The number of hydrogen-bond acceptors (Lipinski definition) is 4. The molecule has 2 rings (SSSR count). The Labute approximate surface area is 96.3 Å². The third-order valence-corrected chi connectivity index (χ3v) is 3.15. The molecule has 0 aromatic carbocycles. The van der Waals surface area contributed by atoms with E-state index in [2.05, 4.69) is 28.7 Å². The highest BCUT2D eigenvalue weighted by atomic mass is 16.3. The molecule has 4 nitrogen and oxygen atoms in total. The van der Waals surface area contributed by atoms with Crippen LogP contribution in [0.1, 0.15) is 25.2 Å². The van der Waals surface area contributed by atoms with E-state index in [0.717, 1.165) is 23.9 Å². The minimum Gasteiger partial charge on any atom is -0.391 e. The Kier molecular flexibility index (Phi) is 2.62. The largest absolute Gasteiger partial charge is 0.391 e.